The van der Waals surface area contributed by atoms with E-state index in [0.717, 1.165) is 29.6 Å². The molecule has 0 aliphatic carbocycles. The minimum atomic E-state index is 0.474. The first kappa shape index (κ1) is 15.4. The lowest BCUT2D eigenvalue weighted by Crippen LogP contribution is -2.41. The summed E-state index contributed by atoms with van der Waals surface area (Å²) < 4.78 is 11.6. The summed E-state index contributed by atoms with van der Waals surface area (Å²) in [7, 11) is 1.85. The molecular formula is C18H22N4O2S. The third kappa shape index (κ3) is 2.66. The van der Waals surface area contributed by atoms with Gasteiger partial charge < -0.3 is 19.4 Å². The number of oxazole rings is 1. The third-order valence-electron chi connectivity index (χ3n) is 5.68. The van der Waals surface area contributed by atoms with E-state index in [1.807, 2.05) is 24.6 Å². The quantitative estimate of drug-likeness (QED) is 0.675. The Bertz CT molecular complexity index is 754. The summed E-state index contributed by atoms with van der Waals surface area (Å²) in [4.78, 5) is 12.5. The van der Waals surface area contributed by atoms with Crippen LogP contribution in [-0.4, -0.2) is 48.2 Å². The number of hydrogen-bond acceptors (Lipinski definition) is 5. The topological polar surface area (TPSA) is 62.9 Å². The molecule has 7 heteroatoms. The van der Waals surface area contributed by atoms with Crippen LogP contribution in [0.15, 0.2) is 33.2 Å². The van der Waals surface area contributed by atoms with E-state index >= 15 is 0 Å². The maximum Gasteiger partial charge on any atom is 0.236 e. The summed E-state index contributed by atoms with van der Waals surface area (Å²) >= 11 is 1.63. The molecule has 3 fully saturated rings. The van der Waals surface area contributed by atoms with Crippen LogP contribution in [0.5, 0.6) is 0 Å². The van der Waals surface area contributed by atoms with E-state index in [2.05, 4.69) is 20.2 Å². The van der Waals surface area contributed by atoms with Gasteiger partial charge in [-0.1, -0.05) is 6.07 Å². The van der Waals surface area contributed by atoms with Crippen LogP contribution in [0.2, 0.25) is 0 Å². The standard InChI is InChI=1S/C18H22N4O2S/c1-19-18(22-8-12-13(9-22)15-5-4-14(12)24-15)20-7-11-10-23-17(21-11)16-3-2-6-25-16/h2-3,6,10,12-15H,4-5,7-9H2,1H3,(H,19,20). The van der Waals surface area contributed by atoms with Gasteiger partial charge in [-0.05, 0) is 24.3 Å². The number of likely N-dealkylation sites (tertiary alicyclic amines) is 1. The number of hydrogen-bond donors (Lipinski definition) is 1. The van der Waals surface area contributed by atoms with Crippen molar-refractivity contribution in [2.45, 2.75) is 31.6 Å². The first-order valence-electron chi connectivity index (χ1n) is 8.91. The highest BCUT2D eigenvalue weighted by Gasteiger charge is 2.53. The van der Waals surface area contributed by atoms with Gasteiger partial charge in [0.2, 0.25) is 5.89 Å². The van der Waals surface area contributed by atoms with Gasteiger partial charge >= 0.3 is 0 Å². The molecule has 25 heavy (non-hydrogen) atoms. The van der Waals surface area contributed by atoms with E-state index in [1.165, 1.54) is 12.8 Å². The molecule has 1 N–H and O–H groups in total. The predicted molar refractivity (Wildman–Crippen MR) is 96.5 cm³/mol. The molecule has 3 aliphatic rings. The van der Waals surface area contributed by atoms with Crippen molar-refractivity contribution >= 4 is 17.3 Å². The van der Waals surface area contributed by atoms with Crippen molar-refractivity contribution in [2.75, 3.05) is 20.1 Å². The van der Waals surface area contributed by atoms with Gasteiger partial charge in [-0.15, -0.1) is 11.3 Å². The molecule has 0 radical (unpaired) electrons. The monoisotopic (exact) mass is 358 g/mol. The highest BCUT2D eigenvalue weighted by molar-refractivity contribution is 7.13. The second-order valence-corrected chi connectivity index (χ2v) is 7.99. The van der Waals surface area contributed by atoms with Crippen molar-refractivity contribution in [3.63, 3.8) is 0 Å². The van der Waals surface area contributed by atoms with E-state index in [4.69, 9.17) is 9.15 Å². The van der Waals surface area contributed by atoms with Gasteiger partial charge in [0, 0.05) is 32.0 Å². The first-order valence-corrected chi connectivity index (χ1v) is 9.79. The lowest BCUT2D eigenvalue weighted by atomic mass is 9.82. The minimum Gasteiger partial charge on any atom is -0.443 e. The molecule has 4 unspecified atom stereocenters. The lowest BCUT2D eigenvalue weighted by Gasteiger charge is -2.23. The van der Waals surface area contributed by atoms with Crippen molar-refractivity contribution in [1.29, 1.82) is 0 Å². The Morgan fingerprint density at radius 1 is 1.36 bits per heavy atom. The molecular weight excluding hydrogens is 336 g/mol. The van der Waals surface area contributed by atoms with Crippen molar-refractivity contribution in [2.24, 2.45) is 16.8 Å². The van der Waals surface area contributed by atoms with Gasteiger partial charge in [-0.3, -0.25) is 4.99 Å². The fourth-order valence-electron chi connectivity index (χ4n) is 4.54. The van der Waals surface area contributed by atoms with E-state index < -0.39 is 0 Å². The van der Waals surface area contributed by atoms with Crippen molar-refractivity contribution in [3.8, 4) is 10.8 Å². The molecule has 0 aromatic carbocycles. The Morgan fingerprint density at radius 2 is 2.16 bits per heavy atom. The zero-order valence-electron chi connectivity index (χ0n) is 14.2. The molecule has 5 rings (SSSR count). The number of ether oxygens (including phenoxy) is 1. The van der Waals surface area contributed by atoms with E-state index in [-0.39, 0.29) is 0 Å². The van der Waals surface area contributed by atoms with E-state index in [0.29, 0.717) is 36.5 Å². The molecule has 0 amide bonds. The Kier molecular flexibility index (Phi) is 3.78. The number of fused-ring (bicyclic) bond motifs is 5. The Labute approximate surface area is 150 Å². The number of thiophene rings is 1. The Balaban J connectivity index is 1.22. The van der Waals surface area contributed by atoms with Gasteiger partial charge in [0.05, 0.1) is 29.3 Å². The molecule has 3 saturated heterocycles. The highest BCUT2D eigenvalue weighted by atomic mass is 32.1. The molecule has 5 heterocycles. The van der Waals surface area contributed by atoms with Crippen LogP contribution in [0.4, 0.5) is 0 Å². The van der Waals surface area contributed by atoms with Crippen LogP contribution in [0.25, 0.3) is 10.8 Å². The molecule has 0 saturated carbocycles. The van der Waals surface area contributed by atoms with Gasteiger partial charge in [-0.25, -0.2) is 4.98 Å². The molecule has 6 nitrogen and oxygen atoms in total. The number of rotatable bonds is 3. The minimum absolute atomic E-state index is 0.474. The van der Waals surface area contributed by atoms with E-state index in [1.54, 1.807) is 17.6 Å². The van der Waals surface area contributed by atoms with Gasteiger partial charge in [0.15, 0.2) is 5.96 Å². The molecule has 4 atom stereocenters. The third-order valence-corrected chi connectivity index (χ3v) is 6.53. The second-order valence-electron chi connectivity index (χ2n) is 7.05. The molecule has 0 spiro atoms. The van der Waals surface area contributed by atoms with E-state index in [9.17, 15) is 0 Å². The molecule has 132 valence electrons. The summed E-state index contributed by atoms with van der Waals surface area (Å²) in [5.41, 5.74) is 0.896. The second kappa shape index (κ2) is 6.14. The van der Waals surface area contributed by atoms with Crippen LogP contribution >= 0.6 is 11.3 Å². The number of guanidine groups is 1. The smallest absolute Gasteiger partial charge is 0.236 e. The molecule has 2 bridgehead atoms. The Morgan fingerprint density at radius 3 is 2.84 bits per heavy atom. The number of aromatic nitrogens is 1. The summed E-state index contributed by atoms with van der Waals surface area (Å²) in [6.45, 7) is 2.71. The number of nitrogens with zero attached hydrogens (tertiary/aromatic N) is 3. The van der Waals surface area contributed by atoms with Crippen LogP contribution in [0.1, 0.15) is 18.5 Å². The predicted octanol–water partition coefficient (Wildman–Crippen LogP) is 2.59. The maximum absolute atomic E-state index is 6.06. The lowest BCUT2D eigenvalue weighted by molar-refractivity contribution is 0.0767. The van der Waals surface area contributed by atoms with Crippen LogP contribution in [0, 0.1) is 11.8 Å². The maximum atomic E-state index is 6.06. The average Bonchev–Trinajstić information content (AvgIpc) is 3.42. The normalized spacial score (nSPS) is 30.9. The van der Waals surface area contributed by atoms with Crippen molar-refractivity contribution < 1.29 is 9.15 Å². The SMILES string of the molecule is CN=C(NCc1coc(-c2cccs2)n1)N1CC2C3CCC(O3)C2C1. The van der Waals surface area contributed by atoms with Gasteiger partial charge in [0.1, 0.15) is 6.26 Å². The largest absolute Gasteiger partial charge is 0.443 e. The first-order chi connectivity index (χ1) is 12.3. The summed E-state index contributed by atoms with van der Waals surface area (Å²) in [6.07, 6.45) is 5.14. The number of aliphatic imine (C=N–C) groups is 1. The number of nitrogens with one attached hydrogen (secondary N) is 1. The fraction of sp³-hybridized carbons (Fsp3) is 0.556. The average molecular weight is 358 g/mol. The van der Waals surface area contributed by atoms with Crippen LogP contribution < -0.4 is 5.32 Å². The van der Waals surface area contributed by atoms with Gasteiger partial charge in [-0.2, -0.15) is 0 Å². The zero-order chi connectivity index (χ0) is 16.8. The van der Waals surface area contributed by atoms with Gasteiger partial charge in [0.25, 0.3) is 0 Å². The molecule has 2 aromatic heterocycles. The summed E-state index contributed by atoms with van der Waals surface area (Å²) in [6, 6.07) is 4.02. The van der Waals surface area contributed by atoms with Crippen molar-refractivity contribution in [1.82, 2.24) is 15.2 Å². The Hall–Kier alpha value is -1.86. The summed E-state index contributed by atoms with van der Waals surface area (Å²) in [5, 5.41) is 5.47. The molecule has 3 aliphatic heterocycles. The highest BCUT2D eigenvalue weighted by Crippen LogP contribution is 2.47. The zero-order valence-corrected chi connectivity index (χ0v) is 15.0. The molecule has 2 aromatic rings. The fourth-order valence-corrected chi connectivity index (χ4v) is 5.19. The summed E-state index contributed by atoms with van der Waals surface area (Å²) in [5.74, 6) is 2.99. The van der Waals surface area contributed by atoms with Crippen molar-refractivity contribution in [3.05, 3.63) is 29.5 Å². The van der Waals surface area contributed by atoms with Crippen LogP contribution in [0.3, 0.4) is 0 Å². The van der Waals surface area contributed by atoms with Crippen LogP contribution in [-0.2, 0) is 11.3 Å².